The first-order valence-electron chi connectivity index (χ1n) is 6.55. The molecule has 0 radical (unpaired) electrons. The van der Waals surface area contributed by atoms with Crippen molar-refractivity contribution in [2.24, 2.45) is 11.7 Å². The number of amides is 1. The Morgan fingerprint density at radius 1 is 1.53 bits per heavy atom. The number of phenolic OH excluding ortho intramolecular Hbond substituents is 1. The summed E-state index contributed by atoms with van der Waals surface area (Å²) in [6.07, 6.45) is 0.999. The van der Waals surface area contributed by atoms with Crippen LogP contribution in [0.3, 0.4) is 0 Å². The number of hydrogen-bond acceptors (Lipinski definition) is 4. The van der Waals surface area contributed by atoms with Crippen LogP contribution in [-0.2, 0) is 4.74 Å². The highest BCUT2D eigenvalue weighted by molar-refractivity contribution is 5.97. The minimum atomic E-state index is -0.296. The van der Waals surface area contributed by atoms with E-state index >= 15 is 0 Å². The summed E-state index contributed by atoms with van der Waals surface area (Å²) in [5, 5.41) is 12.6. The van der Waals surface area contributed by atoms with Crippen LogP contribution in [0.1, 0.15) is 22.3 Å². The third-order valence-corrected chi connectivity index (χ3v) is 4.14. The maximum atomic E-state index is 12.2. The van der Waals surface area contributed by atoms with Gasteiger partial charge in [-0.3, -0.25) is 4.79 Å². The third-order valence-electron chi connectivity index (χ3n) is 4.14. The average Bonchev–Trinajstić information content (AvgIpc) is 2.83. The molecule has 0 bridgehead atoms. The monoisotopic (exact) mass is 262 g/mol. The topological polar surface area (TPSA) is 84.6 Å². The SMILES string of the molecule is Cc1ccc(O)c(C(=O)NC2C(N)C3CCOC32)c1. The van der Waals surface area contributed by atoms with Gasteiger partial charge in [0, 0.05) is 18.6 Å². The van der Waals surface area contributed by atoms with Crippen LogP contribution in [0.25, 0.3) is 0 Å². The summed E-state index contributed by atoms with van der Waals surface area (Å²) in [4.78, 5) is 12.2. The number of phenols is 1. The highest BCUT2D eigenvalue weighted by Crippen LogP contribution is 2.38. The lowest BCUT2D eigenvalue weighted by Crippen LogP contribution is -2.68. The minimum Gasteiger partial charge on any atom is -0.507 e. The number of carbonyl (C=O) groups excluding carboxylic acids is 1. The fraction of sp³-hybridized carbons (Fsp3) is 0.500. The Morgan fingerprint density at radius 3 is 3.11 bits per heavy atom. The molecule has 1 aliphatic heterocycles. The van der Waals surface area contributed by atoms with Crippen molar-refractivity contribution in [2.75, 3.05) is 6.61 Å². The maximum absolute atomic E-state index is 12.2. The van der Waals surface area contributed by atoms with Crippen molar-refractivity contribution < 1.29 is 14.6 Å². The molecule has 1 aliphatic carbocycles. The lowest BCUT2D eigenvalue weighted by molar-refractivity contribution is -0.0161. The number of rotatable bonds is 2. The Kier molecular flexibility index (Phi) is 2.95. The van der Waals surface area contributed by atoms with E-state index < -0.39 is 0 Å². The van der Waals surface area contributed by atoms with Gasteiger partial charge in [-0.2, -0.15) is 0 Å². The number of carbonyl (C=O) groups is 1. The first kappa shape index (κ1) is 12.4. The molecule has 1 aromatic rings. The standard InChI is InChI=1S/C14H18N2O3/c1-7-2-3-10(17)9(6-7)14(18)16-12-11(15)8-4-5-19-13(8)12/h2-3,6,8,11-13,17H,4-5,15H2,1H3,(H,16,18). The molecule has 1 heterocycles. The van der Waals surface area contributed by atoms with E-state index in [4.69, 9.17) is 10.5 Å². The van der Waals surface area contributed by atoms with Gasteiger partial charge in [-0.25, -0.2) is 0 Å². The maximum Gasteiger partial charge on any atom is 0.255 e. The molecule has 4 unspecified atom stereocenters. The molecule has 1 saturated heterocycles. The smallest absolute Gasteiger partial charge is 0.255 e. The van der Waals surface area contributed by atoms with Crippen LogP contribution in [0.5, 0.6) is 5.75 Å². The van der Waals surface area contributed by atoms with Crippen LogP contribution < -0.4 is 11.1 Å². The molecular weight excluding hydrogens is 244 g/mol. The van der Waals surface area contributed by atoms with Crippen LogP contribution in [0.2, 0.25) is 0 Å². The molecule has 1 saturated carbocycles. The molecule has 2 fully saturated rings. The van der Waals surface area contributed by atoms with Gasteiger partial charge in [0.1, 0.15) is 5.75 Å². The zero-order valence-corrected chi connectivity index (χ0v) is 10.8. The highest BCUT2D eigenvalue weighted by Gasteiger charge is 2.52. The molecule has 102 valence electrons. The molecule has 2 aliphatic rings. The molecule has 5 heteroatoms. The van der Waals surface area contributed by atoms with Crippen molar-refractivity contribution in [1.82, 2.24) is 5.32 Å². The number of aromatic hydroxyl groups is 1. The van der Waals surface area contributed by atoms with Gasteiger partial charge in [0.05, 0.1) is 17.7 Å². The number of hydrogen-bond donors (Lipinski definition) is 3. The predicted molar refractivity (Wildman–Crippen MR) is 69.9 cm³/mol. The number of aryl methyl sites for hydroxylation is 1. The number of fused-ring (bicyclic) bond motifs is 1. The van der Waals surface area contributed by atoms with E-state index in [2.05, 4.69) is 5.32 Å². The number of nitrogens with one attached hydrogen (secondary N) is 1. The largest absolute Gasteiger partial charge is 0.507 e. The van der Waals surface area contributed by atoms with E-state index in [1.54, 1.807) is 12.1 Å². The second-order valence-corrected chi connectivity index (χ2v) is 5.39. The van der Waals surface area contributed by atoms with Gasteiger partial charge in [0.15, 0.2) is 0 Å². The van der Waals surface area contributed by atoms with Crippen molar-refractivity contribution in [2.45, 2.75) is 31.5 Å². The summed E-state index contributed by atoms with van der Waals surface area (Å²) in [5.41, 5.74) is 7.26. The first-order chi connectivity index (χ1) is 9.08. The lowest BCUT2D eigenvalue weighted by Gasteiger charge is -2.45. The Balaban J connectivity index is 1.73. The molecule has 4 atom stereocenters. The molecular formula is C14H18N2O3. The quantitative estimate of drug-likeness (QED) is 0.726. The van der Waals surface area contributed by atoms with Crippen molar-refractivity contribution in [3.05, 3.63) is 29.3 Å². The lowest BCUT2D eigenvalue weighted by atomic mass is 9.72. The molecule has 3 rings (SSSR count). The van der Waals surface area contributed by atoms with Gasteiger partial charge in [0.25, 0.3) is 5.91 Å². The van der Waals surface area contributed by atoms with Gasteiger partial charge in [-0.15, -0.1) is 0 Å². The highest BCUT2D eigenvalue weighted by atomic mass is 16.5. The van der Waals surface area contributed by atoms with Crippen LogP contribution >= 0.6 is 0 Å². The first-order valence-corrected chi connectivity index (χ1v) is 6.55. The fourth-order valence-electron chi connectivity index (χ4n) is 2.99. The summed E-state index contributed by atoms with van der Waals surface area (Å²) in [5.74, 6) is 0.0480. The minimum absolute atomic E-state index is 0.0140. The fourth-order valence-corrected chi connectivity index (χ4v) is 2.99. The molecule has 0 spiro atoms. The van der Waals surface area contributed by atoms with Gasteiger partial charge in [-0.05, 0) is 25.5 Å². The Morgan fingerprint density at radius 2 is 2.32 bits per heavy atom. The Hall–Kier alpha value is -1.59. The summed E-state index contributed by atoms with van der Waals surface area (Å²) >= 11 is 0. The second kappa shape index (κ2) is 4.51. The normalized spacial score (nSPS) is 32.5. The number of ether oxygens (including phenoxy) is 1. The second-order valence-electron chi connectivity index (χ2n) is 5.39. The van der Waals surface area contributed by atoms with E-state index in [9.17, 15) is 9.90 Å². The van der Waals surface area contributed by atoms with Crippen LogP contribution in [0.15, 0.2) is 18.2 Å². The summed E-state index contributed by atoms with van der Waals surface area (Å²) in [6.45, 7) is 2.59. The molecule has 4 N–H and O–H groups in total. The van der Waals surface area contributed by atoms with Gasteiger partial charge in [-0.1, -0.05) is 11.6 Å². The molecule has 1 amide bonds. The van der Waals surface area contributed by atoms with Crippen LogP contribution in [-0.4, -0.2) is 35.8 Å². The number of benzene rings is 1. The summed E-state index contributed by atoms with van der Waals surface area (Å²) < 4.78 is 5.57. The van der Waals surface area contributed by atoms with Crippen LogP contribution in [0, 0.1) is 12.8 Å². The summed E-state index contributed by atoms with van der Waals surface area (Å²) in [6, 6.07) is 4.75. The van der Waals surface area contributed by atoms with Gasteiger partial charge in [0.2, 0.25) is 0 Å². The Labute approximate surface area is 111 Å². The zero-order valence-electron chi connectivity index (χ0n) is 10.8. The Bertz CT molecular complexity index is 517. The molecule has 5 nitrogen and oxygen atoms in total. The zero-order chi connectivity index (χ0) is 13.6. The van der Waals surface area contributed by atoms with E-state index in [0.717, 1.165) is 12.0 Å². The average molecular weight is 262 g/mol. The van der Waals surface area contributed by atoms with Crippen molar-refractivity contribution in [3.63, 3.8) is 0 Å². The van der Waals surface area contributed by atoms with Crippen molar-refractivity contribution in [3.8, 4) is 5.75 Å². The van der Waals surface area contributed by atoms with Crippen LogP contribution in [0.4, 0.5) is 0 Å². The van der Waals surface area contributed by atoms with Crippen molar-refractivity contribution >= 4 is 5.91 Å². The van der Waals surface area contributed by atoms with E-state index in [-0.39, 0.29) is 35.4 Å². The van der Waals surface area contributed by atoms with E-state index in [0.29, 0.717) is 12.5 Å². The molecule has 19 heavy (non-hydrogen) atoms. The summed E-state index contributed by atoms with van der Waals surface area (Å²) in [7, 11) is 0. The predicted octanol–water partition coefficient (Wildman–Crippen LogP) is 0.545. The molecule has 1 aromatic carbocycles. The van der Waals surface area contributed by atoms with Gasteiger partial charge < -0.3 is 20.9 Å². The molecule has 0 aromatic heterocycles. The van der Waals surface area contributed by atoms with Crippen molar-refractivity contribution in [1.29, 1.82) is 0 Å². The van der Waals surface area contributed by atoms with E-state index in [1.165, 1.54) is 6.07 Å². The number of nitrogens with two attached hydrogens (primary N) is 1. The third kappa shape index (κ3) is 1.99. The van der Waals surface area contributed by atoms with E-state index in [1.807, 2.05) is 6.92 Å². The van der Waals surface area contributed by atoms with Gasteiger partial charge >= 0.3 is 0 Å².